The Bertz CT molecular complexity index is 250. The van der Waals surface area contributed by atoms with E-state index in [0.717, 1.165) is 11.2 Å². The quantitative estimate of drug-likeness (QED) is 0.142. The van der Waals surface area contributed by atoms with E-state index < -0.39 is 0 Å². The van der Waals surface area contributed by atoms with Gasteiger partial charge in [-0.05, 0) is 13.3 Å². The van der Waals surface area contributed by atoms with Crippen LogP contribution in [-0.4, -0.2) is 38.3 Å². The maximum absolute atomic E-state index is 3.60. The monoisotopic (exact) mass is 355 g/mol. The van der Waals surface area contributed by atoms with Crippen molar-refractivity contribution in [1.82, 2.24) is 5.32 Å². The normalized spacial score (nSPS) is 12.0. The zero-order valence-corrected chi connectivity index (χ0v) is 18.4. The van der Waals surface area contributed by atoms with E-state index in [9.17, 15) is 0 Å². The highest BCUT2D eigenvalue weighted by molar-refractivity contribution is 4.50. The van der Waals surface area contributed by atoms with Crippen LogP contribution in [0.3, 0.4) is 0 Å². The molecule has 0 radical (unpaired) electrons. The molecular formula is C23H51N2+. The lowest BCUT2D eigenvalue weighted by Crippen LogP contribution is -2.46. The number of rotatable bonds is 20. The molecule has 0 unspecified atom stereocenters. The smallest absolute Gasteiger partial charge is 0.132 e. The first-order valence-corrected chi connectivity index (χ1v) is 11.6. The lowest BCUT2D eigenvalue weighted by Gasteiger charge is -2.28. The molecule has 0 bridgehead atoms. The standard InChI is InChI=1S/C23H51N2/c1-5-7-8-9-10-11-12-13-14-15-16-17-18-19-20-21-22-24-23-25(3,4)6-2/h24H,5-23H2,1-4H3/q+1. The largest absolute Gasteiger partial charge is 0.316 e. The molecule has 0 amide bonds. The van der Waals surface area contributed by atoms with Crippen molar-refractivity contribution < 1.29 is 4.48 Å². The van der Waals surface area contributed by atoms with Crippen LogP contribution in [0.1, 0.15) is 117 Å². The summed E-state index contributed by atoms with van der Waals surface area (Å²) < 4.78 is 1.08. The third kappa shape index (κ3) is 20.1. The van der Waals surface area contributed by atoms with Gasteiger partial charge in [-0.1, -0.05) is 103 Å². The molecule has 1 N–H and O–H groups in total. The summed E-state index contributed by atoms with van der Waals surface area (Å²) in [6.07, 6.45) is 23.2. The van der Waals surface area contributed by atoms with Crippen molar-refractivity contribution in [2.45, 2.75) is 117 Å². The van der Waals surface area contributed by atoms with Gasteiger partial charge in [-0.15, -0.1) is 0 Å². The molecule has 0 aliphatic heterocycles. The van der Waals surface area contributed by atoms with E-state index in [1.807, 2.05) is 0 Å². The van der Waals surface area contributed by atoms with E-state index in [2.05, 4.69) is 33.3 Å². The number of nitrogens with zero attached hydrogens (tertiary/aromatic N) is 1. The zero-order valence-electron chi connectivity index (χ0n) is 18.4. The van der Waals surface area contributed by atoms with Crippen LogP contribution in [0.15, 0.2) is 0 Å². The number of hydrogen-bond donors (Lipinski definition) is 1. The Hall–Kier alpha value is -0.0800. The van der Waals surface area contributed by atoms with E-state index in [-0.39, 0.29) is 0 Å². The van der Waals surface area contributed by atoms with E-state index in [1.54, 1.807) is 0 Å². The highest BCUT2D eigenvalue weighted by Crippen LogP contribution is 2.13. The summed E-state index contributed by atoms with van der Waals surface area (Å²) in [6, 6.07) is 0. The fourth-order valence-electron chi connectivity index (χ4n) is 3.29. The summed E-state index contributed by atoms with van der Waals surface area (Å²) in [5.41, 5.74) is 0. The minimum Gasteiger partial charge on any atom is -0.316 e. The van der Waals surface area contributed by atoms with Gasteiger partial charge in [0.25, 0.3) is 0 Å². The van der Waals surface area contributed by atoms with E-state index in [0.29, 0.717) is 0 Å². The van der Waals surface area contributed by atoms with Crippen LogP contribution in [-0.2, 0) is 0 Å². The summed E-state index contributed by atoms with van der Waals surface area (Å²) in [5, 5.41) is 3.60. The third-order valence-corrected chi connectivity index (χ3v) is 5.60. The van der Waals surface area contributed by atoms with Gasteiger partial charge in [0, 0.05) is 6.54 Å². The van der Waals surface area contributed by atoms with Crippen molar-refractivity contribution in [2.24, 2.45) is 0 Å². The van der Waals surface area contributed by atoms with E-state index in [1.165, 1.54) is 116 Å². The second kappa shape index (κ2) is 18.7. The molecule has 0 atom stereocenters. The lowest BCUT2D eigenvalue weighted by molar-refractivity contribution is -0.891. The molecule has 152 valence electrons. The van der Waals surface area contributed by atoms with Crippen molar-refractivity contribution in [2.75, 3.05) is 33.9 Å². The van der Waals surface area contributed by atoms with Crippen molar-refractivity contribution in [3.05, 3.63) is 0 Å². The molecule has 0 aromatic heterocycles. The van der Waals surface area contributed by atoms with Crippen LogP contribution in [0.2, 0.25) is 0 Å². The minimum absolute atomic E-state index is 1.08. The number of nitrogens with one attached hydrogen (secondary N) is 1. The average molecular weight is 356 g/mol. The SMILES string of the molecule is CCCCCCCCCCCCCCCCCCNC[N+](C)(C)CC. The van der Waals surface area contributed by atoms with Crippen molar-refractivity contribution in [3.8, 4) is 0 Å². The molecule has 0 aromatic rings. The molecule has 2 nitrogen and oxygen atoms in total. The fraction of sp³-hybridized carbons (Fsp3) is 1.00. The fourth-order valence-corrected chi connectivity index (χ4v) is 3.29. The molecule has 0 saturated heterocycles. The minimum atomic E-state index is 1.08. The summed E-state index contributed by atoms with van der Waals surface area (Å²) in [7, 11) is 4.58. The van der Waals surface area contributed by atoms with Crippen molar-refractivity contribution >= 4 is 0 Å². The maximum Gasteiger partial charge on any atom is 0.132 e. The van der Waals surface area contributed by atoms with Crippen LogP contribution in [0.25, 0.3) is 0 Å². The van der Waals surface area contributed by atoms with Crippen molar-refractivity contribution in [1.29, 1.82) is 0 Å². The lowest BCUT2D eigenvalue weighted by atomic mass is 10.0. The molecule has 0 spiro atoms. The molecule has 0 aromatic carbocycles. The average Bonchev–Trinajstić information content (AvgIpc) is 2.60. The van der Waals surface area contributed by atoms with Gasteiger partial charge >= 0.3 is 0 Å². The molecule has 25 heavy (non-hydrogen) atoms. The molecule has 0 aliphatic carbocycles. The molecule has 2 heteroatoms. The summed E-state index contributed by atoms with van der Waals surface area (Å²) in [5.74, 6) is 0. The van der Waals surface area contributed by atoms with Gasteiger partial charge in [0.1, 0.15) is 6.67 Å². The van der Waals surface area contributed by atoms with E-state index in [4.69, 9.17) is 0 Å². The first-order chi connectivity index (χ1) is 12.1. The molecule has 0 aliphatic rings. The summed E-state index contributed by atoms with van der Waals surface area (Å²) in [4.78, 5) is 0. The second-order valence-corrected chi connectivity index (χ2v) is 8.71. The summed E-state index contributed by atoms with van der Waals surface area (Å²) in [6.45, 7) is 8.06. The van der Waals surface area contributed by atoms with Gasteiger partial charge in [-0.2, -0.15) is 0 Å². The van der Waals surface area contributed by atoms with Gasteiger partial charge in [0.15, 0.2) is 0 Å². The van der Waals surface area contributed by atoms with Gasteiger partial charge in [0.2, 0.25) is 0 Å². The maximum atomic E-state index is 3.60. The van der Waals surface area contributed by atoms with Crippen LogP contribution in [0.4, 0.5) is 0 Å². The highest BCUT2D eigenvalue weighted by Gasteiger charge is 2.09. The zero-order chi connectivity index (χ0) is 18.6. The van der Waals surface area contributed by atoms with E-state index >= 15 is 0 Å². The second-order valence-electron chi connectivity index (χ2n) is 8.71. The van der Waals surface area contributed by atoms with Gasteiger partial charge in [-0.3, -0.25) is 5.32 Å². The Labute approximate surface area is 160 Å². The van der Waals surface area contributed by atoms with Crippen LogP contribution >= 0.6 is 0 Å². The van der Waals surface area contributed by atoms with Gasteiger partial charge < -0.3 is 4.48 Å². The van der Waals surface area contributed by atoms with Crippen LogP contribution in [0.5, 0.6) is 0 Å². The van der Waals surface area contributed by atoms with Crippen molar-refractivity contribution in [3.63, 3.8) is 0 Å². The summed E-state index contributed by atoms with van der Waals surface area (Å²) >= 11 is 0. The predicted molar refractivity (Wildman–Crippen MR) is 115 cm³/mol. The number of unbranched alkanes of at least 4 members (excludes halogenated alkanes) is 15. The molecule has 0 rings (SSSR count). The molecule has 0 saturated carbocycles. The number of quaternary nitrogens is 1. The first kappa shape index (κ1) is 24.9. The molecule has 0 heterocycles. The predicted octanol–water partition coefficient (Wildman–Crippen LogP) is 6.89. The van der Waals surface area contributed by atoms with Gasteiger partial charge in [0.05, 0.1) is 20.6 Å². The Morgan fingerprint density at radius 2 is 0.880 bits per heavy atom. The number of hydrogen-bond acceptors (Lipinski definition) is 1. The topological polar surface area (TPSA) is 12.0 Å². The Morgan fingerprint density at radius 1 is 0.520 bits per heavy atom. The first-order valence-electron chi connectivity index (χ1n) is 11.6. The van der Waals surface area contributed by atoms with Crippen LogP contribution < -0.4 is 5.32 Å². The van der Waals surface area contributed by atoms with Crippen LogP contribution in [0, 0.1) is 0 Å². The molecule has 0 fully saturated rings. The molecular weight excluding hydrogens is 304 g/mol. The Kier molecular flexibility index (Phi) is 18.6. The Morgan fingerprint density at radius 3 is 1.24 bits per heavy atom. The van der Waals surface area contributed by atoms with Gasteiger partial charge in [-0.25, -0.2) is 0 Å². The Balaban J connectivity index is 3.05. The highest BCUT2D eigenvalue weighted by atomic mass is 15.4. The third-order valence-electron chi connectivity index (χ3n) is 5.60.